The Morgan fingerprint density at radius 3 is 3.00 bits per heavy atom. The van der Waals surface area contributed by atoms with Crippen LogP contribution < -0.4 is 5.32 Å². The van der Waals surface area contributed by atoms with Crippen molar-refractivity contribution in [2.24, 2.45) is 0 Å². The number of fused-ring (bicyclic) bond motifs is 1. The number of benzene rings is 1. The van der Waals surface area contributed by atoms with Gasteiger partial charge in [-0.1, -0.05) is 24.3 Å². The molecule has 3 heteroatoms. The third kappa shape index (κ3) is 1.44. The number of hydrogen-bond acceptors (Lipinski definition) is 2. The van der Waals surface area contributed by atoms with E-state index < -0.39 is 0 Å². The van der Waals surface area contributed by atoms with Crippen molar-refractivity contribution in [1.29, 1.82) is 0 Å². The van der Waals surface area contributed by atoms with Gasteiger partial charge in [0.1, 0.15) is 0 Å². The number of aromatic amines is 1. The molecular weight excluding hydrogens is 198 g/mol. The summed E-state index contributed by atoms with van der Waals surface area (Å²) in [6.45, 7) is 4.10. The second-order valence-electron chi connectivity index (χ2n) is 4.27. The predicted octanol–water partition coefficient (Wildman–Crippen LogP) is 2.03. The highest BCUT2D eigenvalue weighted by Gasteiger charge is 2.18. The molecule has 1 aliphatic heterocycles. The van der Waals surface area contributed by atoms with E-state index >= 15 is 0 Å². The van der Waals surface area contributed by atoms with Crippen LogP contribution in [0.15, 0.2) is 24.3 Å². The molecule has 16 heavy (non-hydrogen) atoms. The maximum atomic E-state index is 4.46. The van der Waals surface area contributed by atoms with Crippen LogP contribution in [0.5, 0.6) is 0 Å². The lowest BCUT2D eigenvalue weighted by atomic mass is 9.99. The van der Waals surface area contributed by atoms with Gasteiger partial charge in [-0.25, -0.2) is 0 Å². The number of aryl methyl sites for hydroxylation is 1. The second kappa shape index (κ2) is 3.76. The predicted molar refractivity (Wildman–Crippen MR) is 64.2 cm³/mol. The zero-order valence-electron chi connectivity index (χ0n) is 9.38. The zero-order chi connectivity index (χ0) is 11.0. The zero-order valence-corrected chi connectivity index (χ0v) is 9.38. The first-order valence-corrected chi connectivity index (χ1v) is 5.69. The molecule has 0 atom stereocenters. The summed E-state index contributed by atoms with van der Waals surface area (Å²) in [5.41, 5.74) is 6.25. The molecule has 2 aromatic rings. The van der Waals surface area contributed by atoms with Gasteiger partial charge in [-0.2, -0.15) is 5.10 Å². The van der Waals surface area contributed by atoms with Gasteiger partial charge in [0.05, 0.1) is 5.69 Å². The monoisotopic (exact) mass is 213 g/mol. The van der Waals surface area contributed by atoms with E-state index in [-0.39, 0.29) is 0 Å². The van der Waals surface area contributed by atoms with Crippen LogP contribution in [0.2, 0.25) is 0 Å². The molecule has 0 fully saturated rings. The van der Waals surface area contributed by atoms with E-state index in [1.54, 1.807) is 0 Å². The second-order valence-corrected chi connectivity index (χ2v) is 4.27. The SMILES string of the molecule is Cc1ccccc1-c1n[nH]c2c1CNCC2. The molecule has 82 valence electrons. The first-order chi connectivity index (χ1) is 7.86. The van der Waals surface area contributed by atoms with Crippen molar-refractivity contribution in [3.8, 4) is 11.3 Å². The average Bonchev–Trinajstić information content (AvgIpc) is 2.74. The summed E-state index contributed by atoms with van der Waals surface area (Å²) in [7, 11) is 0. The van der Waals surface area contributed by atoms with Crippen LogP contribution in [0.4, 0.5) is 0 Å². The first kappa shape index (κ1) is 9.60. The lowest BCUT2D eigenvalue weighted by molar-refractivity contribution is 0.637. The maximum Gasteiger partial charge on any atom is 0.0971 e. The summed E-state index contributed by atoms with van der Waals surface area (Å²) in [4.78, 5) is 0. The molecule has 1 aliphatic rings. The summed E-state index contributed by atoms with van der Waals surface area (Å²) in [6.07, 6.45) is 1.05. The molecule has 0 aliphatic carbocycles. The van der Waals surface area contributed by atoms with Gasteiger partial charge in [0.25, 0.3) is 0 Å². The smallest absolute Gasteiger partial charge is 0.0971 e. The van der Waals surface area contributed by atoms with Crippen molar-refractivity contribution in [3.63, 3.8) is 0 Å². The Balaban J connectivity index is 2.13. The standard InChI is InChI=1S/C13H15N3/c1-9-4-2-3-5-10(9)13-11-8-14-7-6-12(11)15-16-13/h2-5,14H,6-8H2,1H3,(H,15,16). The number of nitrogens with zero attached hydrogens (tertiary/aromatic N) is 1. The summed E-state index contributed by atoms with van der Waals surface area (Å²) >= 11 is 0. The highest BCUT2D eigenvalue weighted by atomic mass is 15.1. The van der Waals surface area contributed by atoms with Gasteiger partial charge in [0, 0.05) is 36.3 Å². The van der Waals surface area contributed by atoms with E-state index in [2.05, 4.69) is 46.7 Å². The van der Waals surface area contributed by atoms with E-state index in [9.17, 15) is 0 Å². The number of aromatic nitrogens is 2. The minimum atomic E-state index is 0.926. The Morgan fingerprint density at radius 2 is 2.12 bits per heavy atom. The van der Waals surface area contributed by atoms with Crippen molar-refractivity contribution in [1.82, 2.24) is 15.5 Å². The van der Waals surface area contributed by atoms with Crippen molar-refractivity contribution < 1.29 is 0 Å². The van der Waals surface area contributed by atoms with E-state index in [1.807, 2.05) is 0 Å². The van der Waals surface area contributed by atoms with Crippen LogP contribution in [-0.2, 0) is 13.0 Å². The highest BCUT2D eigenvalue weighted by molar-refractivity contribution is 5.67. The number of rotatable bonds is 1. The van der Waals surface area contributed by atoms with E-state index in [4.69, 9.17) is 0 Å². The molecule has 3 nitrogen and oxygen atoms in total. The number of H-pyrrole nitrogens is 1. The molecule has 0 spiro atoms. The topological polar surface area (TPSA) is 40.7 Å². The molecule has 1 aromatic heterocycles. The minimum Gasteiger partial charge on any atom is -0.312 e. The van der Waals surface area contributed by atoms with Gasteiger partial charge in [-0.05, 0) is 12.5 Å². The Labute approximate surface area is 94.9 Å². The average molecular weight is 213 g/mol. The summed E-state index contributed by atoms with van der Waals surface area (Å²) in [5, 5.41) is 11.0. The molecular formula is C13H15N3. The van der Waals surface area contributed by atoms with Crippen molar-refractivity contribution >= 4 is 0 Å². The summed E-state index contributed by atoms with van der Waals surface area (Å²) < 4.78 is 0. The Hall–Kier alpha value is -1.61. The molecule has 0 amide bonds. The van der Waals surface area contributed by atoms with Gasteiger partial charge in [-0.15, -0.1) is 0 Å². The lowest BCUT2D eigenvalue weighted by Crippen LogP contribution is -2.23. The fraction of sp³-hybridized carbons (Fsp3) is 0.308. The molecule has 2 heterocycles. The van der Waals surface area contributed by atoms with Crippen LogP contribution in [-0.4, -0.2) is 16.7 Å². The van der Waals surface area contributed by atoms with Crippen molar-refractivity contribution in [2.75, 3.05) is 6.54 Å². The molecule has 3 rings (SSSR count). The van der Waals surface area contributed by atoms with Crippen molar-refractivity contribution in [3.05, 3.63) is 41.1 Å². The molecule has 0 radical (unpaired) electrons. The third-order valence-corrected chi connectivity index (χ3v) is 3.21. The Kier molecular flexibility index (Phi) is 2.26. The van der Waals surface area contributed by atoms with Gasteiger partial charge >= 0.3 is 0 Å². The molecule has 0 saturated carbocycles. The minimum absolute atomic E-state index is 0.926. The largest absolute Gasteiger partial charge is 0.312 e. The third-order valence-electron chi connectivity index (χ3n) is 3.21. The van der Waals surface area contributed by atoms with Crippen molar-refractivity contribution in [2.45, 2.75) is 19.9 Å². The van der Waals surface area contributed by atoms with E-state index in [0.717, 1.165) is 25.2 Å². The van der Waals surface area contributed by atoms with Crippen LogP contribution >= 0.6 is 0 Å². The van der Waals surface area contributed by atoms with Crippen LogP contribution in [0.3, 0.4) is 0 Å². The first-order valence-electron chi connectivity index (χ1n) is 5.69. The Bertz CT molecular complexity index is 514. The highest BCUT2D eigenvalue weighted by Crippen LogP contribution is 2.27. The van der Waals surface area contributed by atoms with E-state index in [1.165, 1.54) is 22.4 Å². The van der Waals surface area contributed by atoms with Crippen LogP contribution in [0.25, 0.3) is 11.3 Å². The lowest BCUT2D eigenvalue weighted by Gasteiger charge is -2.13. The summed E-state index contributed by atoms with van der Waals surface area (Å²) in [6, 6.07) is 8.41. The summed E-state index contributed by atoms with van der Waals surface area (Å²) in [5.74, 6) is 0. The maximum absolute atomic E-state index is 4.46. The number of hydrogen-bond donors (Lipinski definition) is 2. The molecule has 1 aromatic carbocycles. The Morgan fingerprint density at radius 1 is 1.25 bits per heavy atom. The fourth-order valence-corrected chi connectivity index (χ4v) is 2.29. The normalized spacial score (nSPS) is 14.8. The van der Waals surface area contributed by atoms with E-state index in [0.29, 0.717) is 0 Å². The van der Waals surface area contributed by atoms with Gasteiger partial charge < -0.3 is 5.32 Å². The fourth-order valence-electron chi connectivity index (χ4n) is 2.29. The van der Waals surface area contributed by atoms with Crippen LogP contribution in [0, 0.1) is 6.92 Å². The van der Waals surface area contributed by atoms with Gasteiger partial charge in [0.2, 0.25) is 0 Å². The molecule has 0 unspecified atom stereocenters. The number of nitrogens with one attached hydrogen (secondary N) is 2. The molecule has 0 saturated heterocycles. The van der Waals surface area contributed by atoms with Crippen LogP contribution in [0.1, 0.15) is 16.8 Å². The quantitative estimate of drug-likeness (QED) is 0.761. The van der Waals surface area contributed by atoms with Gasteiger partial charge in [-0.3, -0.25) is 5.10 Å². The molecule has 2 N–H and O–H groups in total. The van der Waals surface area contributed by atoms with Gasteiger partial charge in [0.15, 0.2) is 0 Å². The molecule has 0 bridgehead atoms.